The van der Waals surface area contributed by atoms with Gasteiger partial charge in [-0.15, -0.1) is 0 Å². The second-order valence-corrected chi connectivity index (χ2v) is 7.07. The fourth-order valence-electron chi connectivity index (χ4n) is 3.69. The van der Waals surface area contributed by atoms with Gasteiger partial charge in [0.05, 0.1) is 19.8 Å². The lowest BCUT2D eigenvalue weighted by atomic mass is 10.1. The van der Waals surface area contributed by atoms with Gasteiger partial charge in [0.2, 0.25) is 6.29 Å². The fourth-order valence-corrected chi connectivity index (χ4v) is 3.69. The standard InChI is InChI=1S/C21H24N4O4/c1-3-27-18-17(21-28-13(2)29-21)23-19(24-20(18)25-8-10-26-11-9-25)15-5-4-14-6-7-22-16(14)12-15/h4-7,12-13,21-22H,3,8-11H2,1-2H3. The largest absolute Gasteiger partial charge is 0.488 e. The maximum Gasteiger partial charge on any atom is 0.210 e. The Bertz CT molecular complexity index is 1010. The quantitative estimate of drug-likeness (QED) is 0.709. The predicted octanol–water partition coefficient (Wildman–Crippen LogP) is 3.25. The highest BCUT2D eigenvalue weighted by Crippen LogP contribution is 2.41. The third-order valence-corrected chi connectivity index (χ3v) is 5.14. The van der Waals surface area contributed by atoms with Crippen molar-refractivity contribution >= 4 is 16.7 Å². The lowest BCUT2D eigenvalue weighted by Crippen LogP contribution is -2.38. The normalized spacial score (nSPS) is 21.9. The molecule has 2 saturated heterocycles. The van der Waals surface area contributed by atoms with Crippen molar-refractivity contribution in [3.8, 4) is 17.1 Å². The van der Waals surface area contributed by atoms with Gasteiger partial charge in [0.15, 0.2) is 23.7 Å². The average Bonchev–Trinajstić information content (AvgIpc) is 3.20. The number of H-pyrrole nitrogens is 1. The van der Waals surface area contributed by atoms with Gasteiger partial charge in [-0.2, -0.15) is 0 Å². The van der Waals surface area contributed by atoms with E-state index in [1.54, 1.807) is 0 Å². The molecule has 2 aliphatic rings. The molecule has 0 spiro atoms. The second-order valence-electron chi connectivity index (χ2n) is 7.07. The summed E-state index contributed by atoms with van der Waals surface area (Å²) in [5, 5.41) is 1.15. The van der Waals surface area contributed by atoms with E-state index in [0.717, 1.165) is 35.4 Å². The van der Waals surface area contributed by atoms with Crippen LogP contribution >= 0.6 is 0 Å². The van der Waals surface area contributed by atoms with Gasteiger partial charge in [0.25, 0.3) is 0 Å². The smallest absolute Gasteiger partial charge is 0.210 e. The van der Waals surface area contributed by atoms with Crippen LogP contribution in [0.1, 0.15) is 25.8 Å². The van der Waals surface area contributed by atoms with E-state index in [2.05, 4.69) is 22.0 Å². The van der Waals surface area contributed by atoms with Gasteiger partial charge in [-0.05, 0) is 31.4 Å². The monoisotopic (exact) mass is 396 g/mol. The number of hydrogen-bond donors (Lipinski definition) is 1. The van der Waals surface area contributed by atoms with Gasteiger partial charge in [0, 0.05) is 30.4 Å². The Hall–Kier alpha value is -2.68. The van der Waals surface area contributed by atoms with Crippen molar-refractivity contribution in [1.82, 2.24) is 15.0 Å². The first-order chi connectivity index (χ1) is 14.2. The van der Waals surface area contributed by atoms with Gasteiger partial charge in [-0.25, -0.2) is 9.97 Å². The zero-order valence-corrected chi connectivity index (χ0v) is 16.6. The zero-order valence-electron chi connectivity index (χ0n) is 16.6. The molecule has 0 amide bonds. The Balaban J connectivity index is 1.64. The minimum atomic E-state index is -0.553. The second kappa shape index (κ2) is 7.62. The van der Waals surface area contributed by atoms with Crippen LogP contribution < -0.4 is 9.64 Å². The van der Waals surface area contributed by atoms with E-state index in [1.165, 1.54) is 0 Å². The zero-order chi connectivity index (χ0) is 19.8. The summed E-state index contributed by atoms with van der Waals surface area (Å²) in [6.45, 7) is 7.11. The first-order valence-electron chi connectivity index (χ1n) is 9.99. The third-order valence-electron chi connectivity index (χ3n) is 5.14. The molecule has 5 rings (SSSR count). The highest BCUT2D eigenvalue weighted by Gasteiger charge is 2.36. The Morgan fingerprint density at radius 2 is 2.00 bits per heavy atom. The molecule has 8 nitrogen and oxygen atoms in total. The van der Waals surface area contributed by atoms with E-state index in [-0.39, 0.29) is 6.29 Å². The molecule has 0 saturated carbocycles. The van der Waals surface area contributed by atoms with Gasteiger partial charge in [-0.1, -0.05) is 12.1 Å². The van der Waals surface area contributed by atoms with Crippen LogP contribution in [0.2, 0.25) is 0 Å². The van der Waals surface area contributed by atoms with Crippen molar-refractivity contribution in [2.75, 3.05) is 37.8 Å². The number of aromatic amines is 1. The Labute approximate surface area is 168 Å². The van der Waals surface area contributed by atoms with Gasteiger partial charge in [0.1, 0.15) is 5.69 Å². The minimum absolute atomic E-state index is 0.255. The predicted molar refractivity (Wildman–Crippen MR) is 108 cm³/mol. The lowest BCUT2D eigenvalue weighted by molar-refractivity contribution is -0.384. The van der Waals surface area contributed by atoms with Crippen molar-refractivity contribution in [2.45, 2.75) is 26.4 Å². The summed E-state index contributed by atoms with van der Waals surface area (Å²) in [7, 11) is 0. The first-order valence-corrected chi connectivity index (χ1v) is 9.99. The summed E-state index contributed by atoms with van der Waals surface area (Å²) in [4.78, 5) is 15.1. The summed E-state index contributed by atoms with van der Waals surface area (Å²) in [6, 6.07) is 8.19. The van der Waals surface area contributed by atoms with E-state index < -0.39 is 6.29 Å². The van der Waals surface area contributed by atoms with E-state index in [4.69, 9.17) is 28.9 Å². The number of ether oxygens (including phenoxy) is 4. The number of morpholine rings is 1. The van der Waals surface area contributed by atoms with Crippen LogP contribution in [-0.2, 0) is 14.2 Å². The van der Waals surface area contributed by atoms with E-state index in [1.807, 2.05) is 32.2 Å². The van der Waals surface area contributed by atoms with Crippen LogP contribution in [0.25, 0.3) is 22.3 Å². The summed E-state index contributed by atoms with van der Waals surface area (Å²) >= 11 is 0. The van der Waals surface area contributed by atoms with Crippen LogP contribution in [-0.4, -0.2) is 54.2 Å². The number of nitrogens with one attached hydrogen (secondary N) is 1. The number of benzene rings is 1. The molecule has 0 aliphatic carbocycles. The summed E-state index contributed by atoms with van der Waals surface area (Å²) in [6.07, 6.45) is 1.12. The van der Waals surface area contributed by atoms with Crippen LogP contribution in [0.4, 0.5) is 5.82 Å². The van der Waals surface area contributed by atoms with Crippen molar-refractivity contribution in [3.63, 3.8) is 0 Å². The third kappa shape index (κ3) is 3.43. The number of fused-ring (bicyclic) bond motifs is 1. The Morgan fingerprint density at radius 3 is 2.76 bits per heavy atom. The fraction of sp³-hybridized carbons (Fsp3) is 0.429. The van der Waals surface area contributed by atoms with Gasteiger partial charge >= 0.3 is 0 Å². The molecule has 0 unspecified atom stereocenters. The molecule has 29 heavy (non-hydrogen) atoms. The van der Waals surface area contributed by atoms with Gasteiger partial charge < -0.3 is 28.8 Å². The maximum atomic E-state index is 5.99. The van der Waals surface area contributed by atoms with E-state index in [9.17, 15) is 0 Å². The molecule has 1 N–H and O–H groups in total. The molecule has 2 fully saturated rings. The molecule has 152 valence electrons. The molecular weight excluding hydrogens is 372 g/mol. The topological polar surface area (TPSA) is 81.7 Å². The molecular formula is C21H24N4O4. The Morgan fingerprint density at radius 1 is 1.17 bits per heavy atom. The van der Waals surface area contributed by atoms with E-state index in [0.29, 0.717) is 37.1 Å². The number of hydrogen-bond acceptors (Lipinski definition) is 7. The summed E-state index contributed by atoms with van der Waals surface area (Å²) in [5.74, 6) is 2.00. The van der Waals surface area contributed by atoms with Crippen LogP contribution in [0.5, 0.6) is 5.75 Å². The summed E-state index contributed by atoms with van der Waals surface area (Å²) < 4.78 is 23.0. The molecule has 3 aromatic rings. The molecule has 0 atom stereocenters. The molecule has 4 heterocycles. The van der Waals surface area contributed by atoms with Crippen LogP contribution in [0, 0.1) is 0 Å². The first kappa shape index (κ1) is 18.4. The van der Waals surface area contributed by atoms with Crippen LogP contribution in [0.3, 0.4) is 0 Å². The molecule has 0 bridgehead atoms. The lowest BCUT2D eigenvalue weighted by Gasteiger charge is -2.35. The highest BCUT2D eigenvalue weighted by atomic mass is 16.9. The highest BCUT2D eigenvalue weighted by molar-refractivity contribution is 5.84. The number of aromatic nitrogens is 3. The van der Waals surface area contributed by atoms with E-state index >= 15 is 0 Å². The average molecular weight is 396 g/mol. The SMILES string of the molecule is CCOc1c(C2OC(C)O2)nc(-c2ccc3cc[nH]c3c2)nc1N1CCOCC1. The van der Waals surface area contributed by atoms with Crippen LogP contribution in [0.15, 0.2) is 30.5 Å². The molecule has 1 aromatic carbocycles. The molecule has 0 radical (unpaired) electrons. The van der Waals surface area contributed by atoms with Crippen molar-refractivity contribution in [3.05, 3.63) is 36.2 Å². The van der Waals surface area contributed by atoms with Crippen molar-refractivity contribution in [1.29, 1.82) is 0 Å². The maximum absolute atomic E-state index is 5.99. The molecule has 2 aliphatic heterocycles. The van der Waals surface area contributed by atoms with Gasteiger partial charge in [-0.3, -0.25) is 0 Å². The van der Waals surface area contributed by atoms with Crippen molar-refractivity contribution < 1.29 is 18.9 Å². The summed E-state index contributed by atoms with van der Waals surface area (Å²) in [5.41, 5.74) is 2.59. The molecule has 2 aromatic heterocycles. The number of nitrogens with zero attached hydrogens (tertiary/aromatic N) is 3. The van der Waals surface area contributed by atoms with Crippen molar-refractivity contribution in [2.24, 2.45) is 0 Å². The number of rotatable bonds is 5. The molecule has 8 heteroatoms. The minimum Gasteiger partial charge on any atom is -0.488 e. The number of anilines is 1. The Kier molecular flexibility index (Phi) is 4.83.